The number of para-hydroxylation sites is 2. The number of aliphatic hydroxyl groups is 1. The van der Waals surface area contributed by atoms with Gasteiger partial charge in [-0.25, -0.2) is 4.98 Å². The van der Waals surface area contributed by atoms with Gasteiger partial charge in [0.15, 0.2) is 0 Å². The van der Waals surface area contributed by atoms with Crippen LogP contribution in [-0.2, 0) is 11.3 Å². The predicted molar refractivity (Wildman–Crippen MR) is 108 cm³/mol. The van der Waals surface area contributed by atoms with Crippen LogP contribution in [0, 0.1) is 0 Å². The summed E-state index contributed by atoms with van der Waals surface area (Å²) in [6.45, 7) is 1.88. The van der Waals surface area contributed by atoms with E-state index in [1.165, 1.54) is 0 Å². The number of carbonyl (C=O) groups is 1. The highest BCUT2D eigenvalue weighted by Crippen LogP contribution is 2.26. The van der Waals surface area contributed by atoms with Crippen molar-refractivity contribution in [2.24, 2.45) is 0 Å². The van der Waals surface area contributed by atoms with Crippen LogP contribution in [0.5, 0.6) is 0 Å². The van der Waals surface area contributed by atoms with Crippen molar-refractivity contribution >= 4 is 16.9 Å². The quantitative estimate of drug-likeness (QED) is 0.740. The Hall–Kier alpha value is -2.70. The van der Waals surface area contributed by atoms with Crippen molar-refractivity contribution in [3.05, 3.63) is 54.1 Å². The molecule has 146 valence electrons. The monoisotopic (exact) mass is 379 g/mol. The van der Waals surface area contributed by atoms with Gasteiger partial charge in [-0.3, -0.25) is 4.79 Å². The van der Waals surface area contributed by atoms with E-state index in [1.54, 1.807) is 0 Å². The van der Waals surface area contributed by atoms with Crippen molar-refractivity contribution < 1.29 is 14.6 Å². The van der Waals surface area contributed by atoms with Crippen LogP contribution < -0.4 is 0 Å². The van der Waals surface area contributed by atoms with Gasteiger partial charge in [-0.15, -0.1) is 0 Å². The third-order valence-corrected chi connectivity index (χ3v) is 5.40. The zero-order valence-corrected chi connectivity index (χ0v) is 16.0. The Morgan fingerprint density at radius 3 is 2.79 bits per heavy atom. The largest absolute Gasteiger partial charge is 0.395 e. The molecule has 1 aromatic heterocycles. The van der Waals surface area contributed by atoms with Gasteiger partial charge in [-0.2, -0.15) is 0 Å². The number of rotatable bonds is 5. The van der Waals surface area contributed by atoms with Crippen molar-refractivity contribution in [1.82, 2.24) is 14.5 Å². The first-order valence-corrected chi connectivity index (χ1v) is 9.70. The molecule has 1 N–H and O–H groups in total. The molecule has 0 saturated carbocycles. The molecule has 2 aromatic carbocycles. The number of imidazole rings is 1. The van der Waals surface area contributed by atoms with Crippen molar-refractivity contribution in [2.75, 3.05) is 26.9 Å². The number of hydrogen-bond acceptors (Lipinski definition) is 4. The van der Waals surface area contributed by atoms with E-state index >= 15 is 0 Å². The lowest BCUT2D eigenvalue weighted by Gasteiger charge is -2.31. The van der Waals surface area contributed by atoms with Gasteiger partial charge >= 0.3 is 0 Å². The fraction of sp³-hybridized carbons (Fsp3) is 0.364. The zero-order chi connectivity index (χ0) is 19.5. The number of fused-ring (bicyclic) bond motifs is 1. The van der Waals surface area contributed by atoms with Crippen LogP contribution in [0.1, 0.15) is 23.2 Å². The fourth-order valence-electron chi connectivity index (χ4n) is 3.86. The lowest BCUT2D eigenvalue weighted by Crippen LogP contribution is -2.40. The fourth-order valence-corrected chi connectivity index (χ4v) is 3.86. The summed E-state index contributed by atoms with van der Waals surface area (Å²) in [7, 11) is 1.87. The minimum Gasteiger partial charge on any atom is -0.395 e. The average Bonchev–Trinajstić information content (AvgIpc) is 3.12. The number of amides is 1. The van der Waals surface area contributed by atoms with Gasteiger partial charge in [0.05, 0.1) is 17.6 Å². The normalized spacial score (nSPS) is 15.1. The average molecular weight is 379 g/mol. The Balaban J connectivity index is 1.68. The molecule has 1 fully saturated rings. The lowest BCUT2D eigenvalue weighted by molar-refractivity contribution is 0.0362. The van der Waals surface area contributed by atoms with E-state index in [0.29, 0.717) is 25.3 Å². The van der Waals surface area contributed by atoms with E-state index in [4.69, 9.17) is 9.72 Å². The summed E-state index contributed by atoms with van der Waals surface area (Å²) < 4.78 is 7.41. The summed E-state index contributed by atoms with van der Waals surface area (Å²) in [6.07, 6.45) is 1.74. The molecule has 0 radical (unpaired) electrons. The highest BCUT2D eigenvalue weighted by Gasteiger charge is 2.24. The molecule has 28 heavy (non-hydrogen) atoms. The van der Waals surface area contributed by atoms with Crippen molar-refractivity contribution in [3.63, 3.8) is 0 Å². The third kappa shape index (κ3) is 3.53. The Labute approximate surface area is 164 Å². The maximum Gasteiger partial charge on any atom is 0.253 e. The van der Waals surface area contributed by atoms with Crippen molar-refractivity contribution in [2.45, 2.75) is 25.4 Å². The zero-order valence-electron chi connectivity index (χ0n) is 16.0. The van der Waals surface area contributed by atoms with E-state index in [-0.39, 0.29) is 18.6 Å². The molecule has 6 nitrogen and oxygen atoms in total. The molecule has 1 aliphatic rings. The minimum absolute atomic E-state index is 0.0126. The number of ether oxygens (including phenoxy) is 1. The van der Waals surface area contributed by atoms with Gasteiger partial charge in [0.25, 0.3) is 5.91 Å². The number of benzene rings is 2. The highest BCUT2D eigenvalue weighted by molar-refractivity contribution is 5.95. The molecule has 0 unspecified atom stereocenters. The number of nitrogens with zero attached hydrogens (tertiary/aromatic N) is 3. The van der Waals surface area contributed by atoms with Crippen LogP contribution in [0.4, 0.5) is 0 Å². The van der Waals surface area contributed by atoms with Gasteiger partial charge < -0.3 is 19.3 Å². The molecule has 1 aliphatic heterocycles. The summed E-state index contributed by atoms with van der Waals surface area (Å²) >= 11 is 0. The first-order valence-electron chi connectivity index (χ1n) is 9.70. The van der Waals surface area contributed by atoms with Gasteiger partial charge in [-0.1, -0.05) is 24.3 Å². The second-order valence-electron chi connectivity index (χ2n) is 7.14. The second kappa shape index (κ2) is 8.12. The van der Waals surface area contributed by atoms with Gasteiger partial charge in [0.2, 0.25) is 0 Å². The predicted octanol–water partition coefficient (Wildman–Crippen LogP) is 2.95. The van der Waals surface area contributed by atoms with E-state index in [9.17, 15) is 9.90 Å². The molecule has 3 aromatic rings. The summed E-state index contributed by atoms with van der Waals surface area (Å²) in [4.78, 5) is 19.6. The standard InChI is InChI=1S/C22H25N3O3/c1-24(18-9-13-28-14-10-18)22(27)17-6-4-5-16(15-17)21-23-19-7-2-3-8-20(19)25(21)11-12-26/h2-8,15,18,26H,9-14H2,1H3. The van der Waals surface area contributed by atoms with Crippen molar-refractivity contribution in [1.29, 1.82) is 0 Å². The number of hydrogen-bond donors (Lipinski definition) is 1. The van der Waals surface area contributed by atoms with Gasteiger partial charge in [-0.05, 0) is 37.1 Å². The first-order chi connectivity index (χ1) is 13.7. The Bertz CT molecular complexity index is 976. The number of aliphatic hydroxyl groups excluding tert-OH is 1. The first kappa shape index (κ1) is 18.7. The maximum atomic E-state index is 13.0. The smallest absolute Gasteiger partial charge is 0.253 e. The molecular formula is C22H25N3O3. The van der Waals surface area contributed by atoms with Crippen molar-refractivity contribution in [3.8, 4) is 11.4 Å². The van der Waals surface area contributed by atoms with E-state index < -0.39 is 0 Å². The van der Waals surface area contributed by atoms with Crippen LogP contribution in [0.15, 0.2) is 48.5 Å². The molecule has 0 aliphatic carbocycles. The third-order valence-electron chi connectivity index (χ3n) is 5.40. The molecule has 0 atom stereocenters. The minimum atomic E-state index is 0.0126. The second-order valence-corrected chi connectivity index (χ2v) is 7.14. The maximum absolute atomic E-state index is 13.0. The SMILES string of the molecule is CN(C(=O)c1cccc(-c2nc3ccccc3n2CCO)c1)C1CCOCC1. The van der Waals surface area contributed by atoms with Crippen LogP contribution >= 0.6 is 0 Å². The highest BCUT2D eigenvalue weighted by atomic mass is 16.5. The summed E-state index contributed by atoms with van der Waals surface area (Å²) in [5.74, 6) is 0.775. The molecular weight excluding hydrogens is 354 g/mol. The summed E-state index contributed by atoms with van der Waals surface area (Å²) in [5.41, 5.74) is 3.37. The van der Waals surface area contributed by atoms with Crippen LogP contribution in [-0.4, -0.2) is 58.4 Å². The van der Waals surface area contributed by atoms with E-state index in [2.05, 4.69) is 0 Å². The molecule has 2 heterocycles. The van der Waals surface area contributed by atoms with Gasteiger partial charge in [0, 0.05) is 44.0 Å². The topological polar surface area (TPSA) is 67.6 Å². The summed E-state index contributed by atoms with van der Waals surface area (Å²) in [5, 5.41) is 9.51. The van der Waals surface area contributed by atoms with E-state index in [0.717, 1.165) is 35.3 Å². The van der Waals surface area contributed by atoms with Gasteiger partial charge in [0.1, 0.15) is 5.82 Å². The van der Waals surface area contributed by atoms with Crippen LogP contribution in [0.25, 0.3) is 22.4 Å². The molecule has 4 rings (SSSR count). The van der Waals surface area contributed by atoms with E-state index in [1.807, 2.05) is 65.0 Å². The number of carbonyl (C=O) groups excluding carboxylic acids is 1. The Kier molecular flexibility index (Phi) is 5.41. The Morgan fingerprint density at radius 2 is 2.00 bits per heavy atom. The molecule has 1 amide bonds. The lowest BCUT2D eigenvalue weighted by atomic mass is 10.0. The summed E-state index contributed by atoms with van der Waals surface area (Å²) in [6, 6.07) is 15.7. The van der Waals surface area contributed by atoms with Crippen LogP contribution in [0.2, 0.25) is 0 Å². The number of aromatic nitrogens is 2. The Morgan fingerprint density at radius 1 is 1.21 bits per heavy atom. The van der Waals surface area contributed by atoms with Crippen LogP contribution in [0.3, 0.4) is 0 Å². The molecule has 6 heteroatoms. The molecule has 1 saturated heterocycles. The molecule has 0 spiro atoms. The molecule has 0 bridgehead atoms.